The Bertz CT molecular complexity index is 994. The molecule has 0 amide bonds. The average molecular weight is 433 g/mol. The molecular formula is C20H17Cl2NZr. The van der Waals surface area contributed by atoms with E-state index in [1.54, 1.807) is 3.28 Å². The molecule has 3 aromatic rings. The van der Waals surface area contributed by atoms with Crippen LogP contribution >= 0.6 is 0 Å². The summed E-state index contributed by atoms with van der Waals surface area (Å²) in [5.41, 5.74) is 4.14. The molecule has 0 saturated carbocycles. The summed E-state index contributed by atoms with van der Waals surface area (Å²) in [6.07, 6.45) is 2.36. The number of hydrogen-bond acceptors (Lipinski definition) is 0. The third kappa shape index (κ3) is 3.47. The van der Waals surface area contributed by atoms with Crippen molar-refractivity contribution in [3.05, 3.63) is 76.2 Å². The minimum atomic E-state index is -0.850. The minimum absolute atomic E-state index is 0. The quantitative estimate of drug-likeness (QED) is 0.439. The van der Waals surface area contributed by atoms with Crippen molar-refractivity contribution in [1.29, 1.82) is 0 Å². The third-order valence-electron chi connectivity index (χ3n) is 4.13. The molecule has 0 bridgehead atoms. The summed E-state index contributed by atoms with van der Waals surface area (Å²) < 4.78 is 3.05. The Balaban J connectivity index is 0.00000104. The molecule has 1 aromatic heterocycles. The molecule has 4 rings (SSSR count). The number of para-hydroxylation sites is 1. The number of aromatic amines is 1. The van der Waals surface area contributed by atoms with E-state index in [9.17, 15) is 0 Å². The minimum Gasteiger partial charge on any atom is -1.00 e. The zero-order valence-corrected chi connectivity index (χ0v) is 17.5. The van der Waals surface area contributed by atoms with Gasteiger partial charge in [-0.15, -0.1) is 0 Å². The summed E-state index contributed by atoms with van der Waals surface area (Å²) >= 11 is -0.850. The second-order valence-electron chi connectivity index (χ2n) is 5.92. The molecule has 0 atom stereocenters. The maximum atomic E-state index is 3.63. The summed E-state index contributed by atoms with van der Waals surface area (Å²) in [4.78, 5) is 3.63. The largest absolute Gasteiger partial charge is 1.00 e. The molecule has 1 aliphatic rings. The Morgan fingerprint density at radius 1 is 0.917 bits per heavy atom. The average Bonchev–Trinajstić information content (AvgIpc) is 3.09. The van der Waals surface area contributed by atoms with Crippen molar-refractivity contribution in [1.82, 2.24) is 4.98 Å². The first-order valence-electron chi connectivity index (χ1n) is 7.56. The molecule has 1 aliphatic carbocycles. The van der Waals surface area contributed by atoms with Crippen molar-refractivity contribution in [2.24, 2.45) is 0 Å². The van der Waals surface area contributed by atoms with Crippen LogP contribution in [0, 0.1) is 0 Å². The van der Waals surface area contributed by atoms with E-state index >= 15 is 0 Å². The topological polar surface area (TPSA) is 15.8 Å². The summed E-state index contributed by atoms with van der Waals surface area (Å²) in [6.45, 7) is 4.45. The van der Waals surface area contributed by atoms with E-state index in [1.165, 1.54) is 35.9 Å². The van der Waals surface area contributed by atoms with Gasteiger partial charge in [0.15, 0.2) is 0 Å². The van der Waals surface area contributed by atoms with Crippen molar-refractivity contribution in [3.63, 3.8) is 0 Å². The van der Waals surface area contributed by atoms with Gasteiger partial charge in [-0.3, -0.25) is 0 Å². The van der Waals surface area contributed by atoms with Gasteiger partial charge in [-0.2, -0.15) is 0 Å². The monoisotopic (exact) mass is 431 g/mol. The van der Waals surface area contributed by atoms with Crippen molar-refractivity contribution in [2.45, 2.75) is 13.8 Å². The van der Waals surface area contributed by atoms with Gasteiger partial charge in [0.25, 0.3) is 0 Å². The number of benzene rings is 2. The molecular weight excluding hydrogens is 416 g/mol. The van der Waals surface area contributed by atoms with Crippen LogP contribution in [0.2, 0.25) is 0 Å². The second kappa shape index (κ2) is 7.87. The Morgan fingerprint density at radius 3 is 2.38 bits per heavy atom. The first-order valence-corrected chi connectivity index (χ1v) is 10.0. The second-order valence-corrected chi connectivity index (χ2v) is 9.08. The molecule has 2 aromatic carbocycles. The maximum Gasteiger partial charge on any atom is -1.00 e. The summed E-state index contributed by atoms with van der Waals surface area (Å²) in [6, 6.07) is 19.7. The Hall–Kier alpha value is -1.08. The molecule has 1 nitrogen and oxygen atoms in total. The van der Waals surface area contributed by atoms with Crippen molar-refractivity contribution in [3.8, 4) is 0 Å². The molecule has 0 saturated heterocycles. The molecule has 0 spiro atoms. The van der Waals surface area contributed by atoms with Gasteiger partial charge < -0.3 is 24.8 Å². The van der Waals surface area contributed by atoms with E-state index in [4.69, 9.17) is 0 Å². The Morgan fingerprint density at radius 2 is 1.62 bits per heavy atom. The number of halogens is 2. The van der Waals surface area contributed by atoms with Crippen LogP contribution in [0.1, 0.15) is 13.8 Å². The smallest absolute Gasteiger partial charge is 1.00 e. The molecule has 0 radical (unpaired) electrons. The van der Waals surface area contributed by atoms with Gasteiger partial charge in [-0.1, -0.05) is 0 Å². The van der Waals surface area contributed by atoms with Gasteiger partial charge in [-0.25, -0.2) is 0 Å². The van der Waals surface area contributed by atoms with Crippen LogP contribution in [0.25, 0.3) is 20.3 Å². The Labute approximate surface area is 165 Å². The van der Waals surface area contributed by atoms with E-state index in [0.717, 1.165) is 0 Å². The number of aromatic nitrogens is 1. The van der Waals surface area contributed by atoms with Crippen molar-refractivity contribution >= 4 is 23.7 Å². The predicted octanol–water partition coefficient (Wildman–Crippen LogP) is -3.18. The van der Waals surface area contributed by atoms with Crippen LogP contribution in [0.4, 0.5) is 0 Å². The van der Waals surface area contributed by atoms with E-state index in [-0.39, 0.29) is 24.8 Å². The van der Waals surface area contributed by atoms with E-state index in [2.05, 4.69) is 79.5 Å². The van der Waals surface area contributed by atoms with Crippen LogP contribution in [-0.4, -0.2) is 4.98 Å². The molecule has 0 fully saturated rings. The fraction of sp³-hybridized carbons (Fsp3) is 0.100. The number of hydrogen-bond donors (Lipinski definition) is 1. The van der Waals surface area contributed by atoms with Crippen molar-refractivity contribution < 1.29 is 48.0 Å². The zero-order valence-electron chi connectivity index (χ0n) is 13.5. The van der Waals surface area contributed by atoms with Crippen LogP contribution < -0.4 is 38.7 Å². The fourth-order valence-electron chi connectivity index (χ4n) is 3.03. The van der Waals surface area contributed by atoms with Crippen LogP contribution in [0.3, 0.4) is 0 Å². The number of allylic oxidation sites excluding steroid dienone is 2. The fourth-order valence-corrected chi connectivity index (χ4v) is 6.75. The van der Waals surface area contributed by atoms with Gasteiger partial charge in [0, 0.05) is 0 Å². The predicted molar refractivity (Wildman–Crippen MR) is 89.9 cm³/mol. The molecule has 0 aliphatic heterocycles. The number of fused-ring (bicyclic) bond motifs is 2. The summed E-state index contributed by atoms with van der Waals surface area (Å²) in [5, 5.41) is 4.16. The van der Waals surface area contributed by atoms with E-state index in [0.29, 0.717) is 0 Å². The standard InChI is InChI=1S/C12H11.C8H6N.2ClH.Zr/c1-9(2)12-7-10-5-3-4-6-11(10)8-12;1-2-4-8-7(3-1)5-6-9-8;;;/h3-7H,1-2H3;1-5,9H;2*1H;/q;;;;+2/p-2. The molecule has 0 unspecified atom stereocenters. The molecule has 4 heteroatoms. The van der Waals surface area contributed by atoms with Gasteiger partial charge >= 0.3 is 142 Å². The first kappa shape index (κ1) is 19.3. The summed E-state index contributed by atoms with van der Waals surface area (Å²) in [5.74, 6) is 0. The number of H-pyrrole nitrogens is 1. The van der Waals surface area contributed by atoms with Crippen LogP contribution in [0.15, 0.2) is 65.7 Å². The van der Waals surface area contributed by atoms with Crippen molar-refractivity contribution in [2.75, 3.05) is 0 Å². The van der Waals surface area contributed by atoms with Gasteiger partial charge in [0.05, 0.1) is 0 Å². The molecule has 1 heterocycles. The van der Waals surface area contributed by atoms with Gasteiger partial charge in [0.2, 0.25) is 0 Å². The zero-order chi connectivity index (χ0) is 15.1. The number of nitrogens with one attached hydrogen (secondary N) is 1. The van der Waals surface area contributed by atoms with E-state index < -0.39 is 23.2 Å². The first-order chi connectivity index (χ1) is 10.7. The molecule has 1 N–H and O–H groups in total. The maximum absolute atomic E-state index is 3.63. The SMILES string of the molecule is CC(C)=C1C=c2ccccc2=[C]1[Zr+2][c]1cc2ccccc2[nH]1.[Cl-].[Cl-]. The van der Waals surface area contributed by atoms with Gasteiger partial charge in [0.1, 0.15) is 0 Å². The van der Waals surface area contributed by atoms with Crippen LogP contribution in [-0.2, 0) is 23.2 Å². The Kier molecular flexibility index (Phi) is 6.31. The summed E-state index contributed by atoms with van der Waals surface area (Å²) in [7, 11) is 0. The number of rotatable bonds is 2. The normalized spacial score (nSPS) is 11.9. The third-order valence-corrected chi connectivity index (χ3v) is 7.39. The molecule has 120 valence electrons. The van der Waals surface area contributed by atoms with Gasteiger partial charge in [-0.05, 0) is 0 Å². The van der Waals surface area contributed by atoms with Crippen LogP contribution in [0.5, 0.6) is 0 Å². The molecule has 24 heavy (non-hydrogen) atoms. The van der Waals surface area contributed by atoms with E-state index in [1.807, 2.05) is 0 Å².